The second kappa shape index (κ2) is 12.4. The fourth-order valence-electron chi connectivity index (χ4n) is 4.94. The quantitative estimate of drug-likeness (QED) is 0.299. The Bertz CT molecular complexity index is 1260. The van der Waals surface area contributed by atoms with E-state index in [1.54, 1.807) is 6.08 Å². The molecule has 0 fully saturated rings. The molecule has 1 amide bonds. The Balaban J connectivity index is 1.71. The van der Waals surface area contributed by atoms with Crippen LogP contribution in [0.25, 0.3) is 0 Å². The first-order valence-corrected chi connectivity index (χ1v) is 13.6. The Labute approximate surface area is 230 Å². The molecule has 2 aromatic rings. The van der Waals surface area contributed by atoms with Crippen LogP contribution in [-0.4, -0.2) is 10.9 Å². The number of para-hydroxylation sites is 1. The standard InChI is InChI=1S/C35H44N2O/c1-25(13-12-14-26(2)23-33(38)37-29-15-10-9-11-16-29)17-19-31-27(3)30(21-22-35(31,7)8)32-20-18-28(24-36-32)34(4,5)6/h9-20,23-24,30H,21-22H2,1-8H3,(H,37,38)/b14-12+,19-17+,25-13+,26-23-. The van der Waals surface area contributed by atoms with Crippen molar-refractivity contribution >= 4 is 11.6 Å². The van der Waals surface area contributed by atoms with E-state index in [9.17, 15) is 4.79 Å². The number of nitrogens with zero attached hydrogens (tertiary/aromatic N) is 1. The van der Waals surface area contributed by atoms with Crippen molar-refractivity contribution in [1.29, 1.82) is 0 Å². The molecule has 3 rings (SSSR count). The Morgan fingerprint density at radius 2 is 1.74 bits per heavy atom. The lowest BCUT2D eigenvalue weighted by Gasteiger charge is -2.37. The van der Waals surface area contributed by atoms with Gasteiger partial charge in [0.1, 0.15) is 0 Å². The van der Waals surface area contributed by atoms with Gasteiger partial charge >= 0.3 is 0 Å². The number of hydrogen-bond donors (Lipinski definition) is 1. The maximum atomic E-state index is 12.2. The van der Waals surface area contributed by atoms with E-state index in [-0.39, 0.29) is 16.7 Å². The van der Waals surface area contributed by atoms with E-state index < -0.39 is 0 Å². The Morgan fingerprint density at radius 3 is 2.37 bits per heavy atom. The Kier molecular flexibility index (Phi) is 9.49. The average molecular weight is 509 g/mol. The largest absolute Gasteiger partial charge is 0.323 e. The van der Waals surface area contributed by atoms with Crippen molar-refractivity contribution in [2.24, 2.45) is 5.41 Å². The van der Waals surface area contributed by atoms with Crippen molar-refractivity contribution in [1.82, 2.24) is 4.98 Å². The van der Waals surface area contributed by atoms with Gasteiger partial charge in [-0.05, 0) is 79.4 Å². The number of carbonyl (C=O) groups excluding carboxylic acids is 1. The zero-order chi connectivity index (χ0) is 27.9. The van der Waals surface area contributed by atoms with Crippen LogP contribution in [0.15, 0.2) is 107 Å². The van der Waals surface area contributed by atoms with Crippen LogP contribution >= 0.6 is 0 Å². The number of amides is 1. The molecule has 0 radical (unpaired) electrons. The minimum atomic E-state index is -0.127. The van der Waals surface area contributed by atoms with E-state index in [2.05, 4.69) is 90.3 Å². The van der Waals surface area contributed by atoms with Crippen LogP contribution in [-0.2, 0) is 10.2 Å². The highest BCUT2D eigenvalue weighted by Crippen LogP contribution is 2.46. The number of carbonyl (C=O) groups is 1. The molecule has 0 spiro atoms. The van der Waals surface area contributed by atoms with Gasteiger partial charge in [-0.3, -0.25) is 9.78 Å². The normalized spacial score (nSPS) is 18.9. The van der Waals surface area contributed by atoms with Gasteiger partial charge in [-0.15, -0.1) is 0 Å². The van der Waals surface area contributed by atoms with Gasteiger partial charge < -0.3 is 5.32 Å². The topological polar surface area (TPSA) is 42.0 Å². The van der Waals surface area contributed by atoms with Crippen molar-refractivity contribution in [3.05, 3.63) is 119 Å². The third-order valence-electron chi connectivity index (χ3n) is 7.38. The summed E-state index contributed by atoms with van der Waals surface area (Å²) in [5.41, 5.74) is 8.35. The molecule has 1 unspecified atom stereocenters. The summed E-state index contributed by atoms with van der Waals surface area (Å²) >= 11 is 0. The highest BCUT2D eigenvalue weighted by Gasteiger charge is 2.33. The third-order valence-corrected chi connectivity index (χ3v) is 7.38. The summed E-state index contributed by atoms with van der Waals surface area (Å²) < 4.78 is 0. The molecule has 3 heteroatoms. The minimum absolute atomic E-state index is 0.111. The van der Waals surface area contributed by atoms with Crippen LogP contribution in [0.2, 0.25) is 0 Å². The molecule has 1 aromatic heterocycles. The minimum Gasteiger partial charge on any atom is -0.323 e. The summed E-state index contributed by atoms with van der Waals surface area (Å²) in [6.45, 7) is 17.7. The first-order chi connectivity index (χ1) is 17.9. The molecule has 1 atom stereocenters. The number of anilines is 1. The lowest BCUT2D eigenvalue weighted by Crippen LogP contribution is -2.24. The summed E-state index contributed by atoms with van der Waals surface area (Å²) in [5, 5.41) is 2.88. The zero-order valence-corrected chi connectivity index (χ0v) is 24.4. The molecule has 0 aliphatic heterocycles. The number of nitrogens with one attached hydrogen (secondary N) is 1. The fraction of sp³-hybridized carbons (Fsp3) is 0.371. The second-order valence-electron chi connectivity index (χ2n) is 12.1. The summed E-state index contributed by atoms with van der Waals surface area (Å²) in [5.74, 6) is 0.230. The van der Waals surface area contributed by atoms with Gasteiger partial charge in [0.15, 0.2) is 0 Å². The molecule has 1 N–H and O–H groups in total. The molecular weight excluding hydrogens is 464 g/mol. The van der Waals surface area contributed by atoms with Gasteiger partial charge in [0.25, 0.3) is 0 Å². The SMILES string of the molecule is CC1=C(/C=C/C(C)=C/C=C/C(C)=C\C(=O)Nc2ccccc2)C(C)(C)CCC1c1ccc(C(C)(C)C)cn1. The highest BCUT2D eigenvalue weighted by atomic mass is 16.1. The Morgan fingerprint density at radius 1 is 1.03 bits per heavy atom. The van der Waals surface area contributed by atoms with Crippen LogP contribution in [0, 0.1) is 5.41 Å². The maximum Gasteiger partial charge on any atom is 0.248 e. The smallest absolute Gasteiger partial charge is 0.248 e. The van der Waals surface area contributed by atoms with E-state index in [1.165, 1.54) is 22.4 Å². The fourth-order valence-corrected chi connectivity index (χ4v) is 4.94. The first kappa shape index (κ1) is 29.1. The molecule has 38 heavy (non-hydrogen) atoms. The number of rotatable bonds is 7. The van der Waals surface area contributed by atoms with E-state index in [1.807, 2.05) is 49.4 Å². The average Bonchev–Trinajstić information content (AvgIpc) is 2.83. The molecule has 0 saturated heterocycles. The second-order valence-corrected chi connectivity index (χ2v) is 12.1. The number of allylic oxidation sites excluding steroid dienone is 9. The van der Waals surface area contributed by atoms with Gasteiger partial charge in [0.05, 0.1) is 0 Å². The van der Waals surface area contributed by atoms with Gasteiger partial charge in [-0.25, -0.2) is 0 Å². The predicted octanol–water partition coefficient (Wildman–Crippen LogP) is 9.24. The van der Waals surface area contributed by atoms with Crippen LogP contribution in [0.1, 0.15) is 85.4 Å². The monoisotopic (exact) mass is 508 g/mol. The van der Waals surface area contributed by atoms with E-state index in [0.29, 0.717) is 5.92 Å². The van der Waals surface area contributed by atoms with Gasteiger partial charge in [0.2, 0.25) is 5.91 Å². The van der Waals surface area contributed by atoms with Crippen LogP contribution < -0.4 is 5.32 Å². The lowest BCUT2D eigenvalue weighted by atomic mass is 9.68. The van der Waals surface area contributed by atoms with E-state index >= 15 is 0 Å². The van der Waals surface area contributed by atoms with Crippen molar-refractivity contribution in [3.8, 4) is 0 Å². The van der Waals surface area contributed by atoms with Crippen molar-refractivity contribution < 1.29 is 4.79 Å². The Hall–Kier alpha value is -3.46. The lowest BCUT2D eigenvalue weighted by molar-refractivity contribution is -0.111. The van der Waals surface area contributed by atoms with Gasteiger partial charge in [-0.2, -0.15) is 0 Å². The van der Waals surface area contributed by atoms with Crippen LogP contribution in [0.3, 0.4) is 0 Å². The first-order valence-electron chi connectivity index (χ1n) is 13.6. The molecule has 1 aromatic carbocycles. The number of benzene rings is 1. The van der Waals surface area contributed by atoms with Crippen LogP contribution in [0.4, 0.5) is 5.69 Å². The third kappa shape index (κ3) is 8.02. The summed E-state index contributed by atoms with van der Waals surface area (Å²) in [6.07, 6.45) is 16.5. The molecule has 200 valence electrons. The van der Waals surface area contributed by atoms with E-state index in [0.717, 1.165) is 29.7 Å². The summed E-state index contributed by atoms with van der Waals surface area (Å²) in [7, 11) is 0. The zero-order valence-electron chi connectivity index (χ0n) is 24.4. The van der Waals surface area contributed by atoms with Crippen molar-refractivity contribution in [3.63, 3.8) is 0 Å². The van der Waals surface area contributed by atoms with Gasteiger partial charge in [-0.1, -0.05) is 100 Å². The molecule has 0 bridgehead atoms. The number of aromatic nitrogens is 1. The molecule has 1 aliphatic rings. The molecule has 1 heterocycles. The van der Waals surface area contributed by atoms with Crippen molar-refractivity contribution in [2.75, 3.05) is 5.32 Å². The molecule has 0 saturated carbocycles. The molecule has 1 aliphatic carbocycles. The highest BCUT2D eigenvalue weighted by molar-refractivity contribution is 5.99. The maximum absolute atomic E-state index is 12.2. The summed E-state index contributed by atoms with van der Waals surface area (Å²) in [4.78, 5) is 17.1. The predicted molar refractivity (Wildman–Crippen MR) is 162 cm³/mol. The van der Waals surface area contributed by atoms with Gasteiger partial charge in [0, 0.05) is 29.6 Å². The number of pyridine rings is 1. The summed E-state index contributed by atoms with van der Waals surface area (Å²) in [6, 6.07) is 14.0. The van der Waals surface area contributed by atoms with Crippen LogP contribution in [0.5, 0.6) is 0 Å². The molecular formula is C35H44N2O. The number of hydrogen-bond acceptors (Lipinski definition) is 2. The van der Waals surface area contributed by atoms with Crippen molar-refractivity contribution in [2.45, 2.75) is 79.6 Å². The molecule has 3 nitrogen and oxygen atoms in total. The van der Waals surface area contributed by atoms with E-state index in [4.69, 9.17) is 4.98 Å².